The van der Waals surface area contributed by atoms with Gasteiger partial charge in [-0.3, -0.25) is 0 Å². The molecule has 2 heterocycles. The Bertz CT molecular complexity index is 3270. The van der Waals surface area contributed by atoms with E-state index in [4.69, 9.17) is 15.0 Å². The first kappa shape index (κ1) is 41.2. The summed E-state index contributed by atoms with van der Waals surface area (Å²) in [5, 5.41) is 1.81. The fourth-order valence-electron chi connectivity index (χ4n) is 8.51. The summed E-state index contributed by atoms with van der Waals surface area (Å²) in [6.07, 6.45) is -10.2. The molecular weight excluding hydrogens is 831 g/mol. The number of aryl methyl sites for hydroxylation is 2. The summed E-state index contributed by atoms with van der Waals surface area (Å²) in [6.45, 7) is 4.03. The SMILES string of the molecule is Cc1cccc(-c2ccc3c4ccc(-c5cccc(C)c5)cc4n(-c4ccc(-c5nc(-c6ccccc6)nc(-c6ccccc6)n5)c(-c5ccc(C(F)(F)F)cc5C(F)(F)F)c4)c3c2)c1. The van der Waals surface area contributed by atoms with Crippen molar-refractivity contribution in [2.24, 2.45) is 0 Å². The van der Waals surface area contributed by atoms with Crippen molar-refractivity contribution in [1.82, 2.24) is 19.5 Å². The number of alkyl halides is 6. The quantitative estimate of drug-likeness (QED) is 0.150. The van der Waals surface area contributed by atoms with Gasteiger partial charge in [-0.25, -0.2) is 15.0 Å². The molecule has 0 saturated heterocycles. The molecule has 0 amide bonds. The third-order valence-corrected chi connectivity index (χ3v) is 11.6. The average Bonchev–Trinajstić information content (AvgIpc) is 3.64. The molecule has 0 saturated carbocycles. The summed E-state index contributed by atoms with van der Waals surface area (Å²) in [5.41, 5.74) is 6.09. The lowest BCUT2D eigenvalue weighted by Gasteiger charge is -2.20. The highest BCUT2D eigenvalue weighted by atomic mass is 19.4. The molecule has 0 bridgehead atoms. The molecule has 8 aromatic carbocycles. The molecule has 10 rings (SSSR count). The predicted octanol–water partition coefficient (Wildman–Crippen LogP) is 15.6. The van der Waals surface area contributed by atoms with E-state index in [1.54, 1.807) is 18.2 Å². The van der Waals surface area contributed by atoms with Gasteiger partial charge in [0.05, 0.1) is 22.2 Å². The average molecular weight is 867 g/mol. The molecule has 0 spiro atoms. The zero-order valence-electron chi connectivity index (χ0n) is 34.9. The molecule has 0 aliphatic rings. The fourth-order valence-corrected chi connectivity index (χ4v) is 8.51. The van der Waals surface area contributed by atoms with E-state index in [0.29, 0.717) is 22.9 Å². The van der Waals surface area contributed by atoms with Gasteiger partial charge < -0.3 is 4.57 Å². The van der Waals surface area contributed by atoms with Gasteiger partial charge in [0.2, 0.25) is 0 Å². The first-order valence-corrected chi connectivity index (χ1v) is 20.8. The molecular formula is C55H36F6N4. The van der Waals surface area contributed by atoms with Gasteiger partial charge in [-0.15, -0.1) is 0 Å². The van der Waals surface area contributed by atoms with Crippen LogP contribution in [0.5, 0.6) is 0 Å². The first-order valence-electron chi connectivity index (χ1n) is 20.8. The van der Waals surface area contributed by atoms with Crippen LogP contribution < -0.4 is 0 Å². The molecule has 0 fully saturated rings. The largest absolute Gasteiger partial charge is 0.417 e. The number of aromatic nitrogens is 4. The third kappa shape index (κ3) is 7.92. The Balaban J connectivity index is 1.29. The Kier molecular flexibility index (Phi) is 10.2. The maximum absolute atomic E-state index is 15.3. The zero-order valence-corrected chi connectivity index (χ0v) is 34.9. The van der Waals surface area contributed by atoms with Gasteiger partial charge in [0, 0.05) is 33.2 Å². The van der Waals surface area contributed by atoms with Gasteiger partial charge in [0.15, 0.2) is 17.5 Å². The second-order valence-corrected chi connectivity index (χ2v) is 16.1. The highest BCUT2D eigenvalue weighted by molar-refractivity contribution is 6.11. The molecule has 2 aromatic heterocycles. The van der Waals surface area contributed by atoms with Crippen molar-refractivity contribution in [3.05, 3.63) is 204 Å². The Morgan fingerprint density at radius 1 is 0.369 bits per heavy atom. The molecule has 65 heavy (non-hydrogen) atoms. The lowest BCUT2D eigenvalue weighted by atomic mass is 9.92. The van der Waals surface area contributed by atoms with Crippen molar-refractivity contribution >= 4 is 21.8 Å². The van der Waals surface area contributed by atoms with Crippen molar-refractivity contribution in [2.75, 3.05) is 0 Å². The van der Waals surface area contributed by atoms with E-state index in [1.807, 2.05) is 128 Å². The molecule has 0 unspecified atom stereocenters. The summed E-state index contributed by atoms with van der Waals surface area (Å²) in [5.74, 6) is 0.573. The zero-order chi connectivity index (χ0) is 45.0. The Morgan fingerprint density at radius 3 is 1.34 bits per heavy atom. The maximum atomic E-state index is 15.3. The fraction of sp³-hybridized carbons (Fsp3) is 0.0727. The molecule has 0 atom stereocenters. The van der Waals surface area contributed by atoms with Gasteiger partial charge in [0.1, 0.15) is 0 Å². The summed E-state index contributed by atoms with van der Waals surface area (Å²) < 4.78 is 90.2. The van der Waals surface area contributed by atoms with Crippen molar-refractivity contribution in [3.63, 3.8) is 0 Å². The van der Waals surface area contributed by atoms with Crippen LogP contribution in [0.4, 0.5) is 26.3 Å². The highest BCUT2D eigenvalue weighted by Gasteiger charge is 2.39. The van der Waals surface area contributed by atoms with Crippen molar-refractivity contribution in [3.8, 4) is 73.2 Å². The smallest absolute Gasteiger partial charge is 0.309 e. The minimum atomic E-state index is -5.17. The predicted molar refractivity (Wildman–Crippen MR) is 246 cm³/mol. The van der Waals surface area contributed by atoms with Gasteiger partial charge in [-0.05, 0) is 89.7 Å². The molecule has 318 valence electrons. The first-order chi connectivity index (χ1) is 31.3. The molecule has 10 heteroatoms. The Labute approximate surface area is 370 Å². The molecule has 0 N–H and O–H groups in total. The number of hydrogen-bond acceptors (Lipinski definition) is 3. The van der Waals surface area contributed by atoms with Gasteiger partial charge in [-0.1, -0.05) is 151 Å². The topological polar surface area (TPSA) is 43.6 Å². The van der Waals surface area contributed by atoms with E-state index in [9.17, 15) is 13.2 Å². The van der Waals surface area contributed by atoms with E-state index >= 15 is 13.2 Å². The van der Waals surface area contributed by atoms with Crippen LogP contribution >= 0.6 is 0 Å². The number of rotatable bonds is 7. The summed E-state index contributed by atoms with van der Waals surface area (Å²) in [4.78, 5) is 14.5. The molecule has 0 aliphatic carbocycles. The van der Waals surface area contributed by atoms with Crippen molar-refractivity contribution in [2.45, 2.75) is 26.2 Å². The summed E-state index contributed by atoms with van der Waals surface area (Å²) in [7, 11) is 0. The number of halogens is 6. The van der Waals surface area contributed by atoms with E-state index < -0.39 is 29.0 Å². The van der Waals surface area contributed by atoms with Gasteiger partial charge in [-0.2, -0.15) is 26.3 Å². The number of fused-ring (bicyclic) bond motifs is 3. The molecule has 0 aliphatic heterocycles. The second kappa shape index (κ2) is 16.1. The van der Waals surface area contributed by atoms with Crippen LogP contribution in [0.1, 0.15) is 22.3 Å². The lowest BCUT2D eigenvalue weighted by molar-refractivity contribution is -0.142. The Morgan fingerprint density at radius 2 is 0.846 bits per heavy atom. The minimum Gasteiger partial charge on any atom is -0.309 e. The second-order valence-electron chi connectivity index (χ2n) is 16.1. The van der Waals surface area contributed by atoms with Crippen molar-refractivity contribution in [1.29, 1.82) is 0 Å². The monoisotopic (exact) mass is 866 g/mol. The normalized spacial score (nSPS) is 12.0. The van der Waals surface area contributed by atoms with Crippen LogP contribution in [0.2, 0.25) is 0 Å². The number of nitrogens with zero attached hydrogens (tertiary/aromatic N) is 4. The van der Waals surface area contributed by atoms with Crippen molar-refractivity contribution < 1.29 is 26.3 Å². The molecule has 10 aromatic rings. The van der Waals surface area contributed by atoms with Crippen LogP contribution in [0.25, 0.3) is 95.0 Å². The minimum absolute atomic E-state index is 0.0209. The van der Waals surface area contributed by atoms with Gasteiger partial charge >= 0.3 is 12.4 Å². The van der Waals surface area contributed by atoms with E-state index in [-0.39, 0.29) is 34.7 Å². The van der Waals surface area contributed by atoms with Crippen LogP contribution in [-0.4, -0.2) is 19.5 Å². The standard InChI is InChI=1S/C55H36F6N4/c1-33-11-9-17-37(27-33)39-19-23-44-45-24-20-40(38-18-10-12-34(2)28-38)30-50(45)65(49(44)29-39)42-22-26-46(47(32-42)43-25-21-41(54(56,57)58)31-48(43)55(59,60)61)53-63-51(35-13-5-3-6-14-35)62-52(64-53)36-15-7-4-8-16-36/h3-32H,1-2H3. The summed E-state index contributed by atoms with van der Waals surface area (Å²) >= 11 is 0. The Hall–Kier alpha value is -7.85. The molecule has 4 nitrogen and oxygen atoms in total. The number of hydrogen-bond donors (Lipinski definition) is 0. The third-order valence-electron chi connectivity index (χ3n) is 11.6. The van der Waals surface area contributed by atoms with Crippen LogP contribution in [0, 0.1) is 13.8 Å². The highest BCUT2D eigenvalue weighted by Crippen LogP contribution is 2.45. The van der Waals surface area contributed by atoms with E-state index in [1.165, 1.54) is 0 Å². The van der Waals surface area contributed by atoms with Gasteiger partial charge in [0.25, 0.3) is 0 Å². The van der Waals surface area contributed by atoms with E-state index in [2.05, 4.69) is 36.4 Å². The maximum Gasteiger partial charge on any atom is 0.417 e. The van der Waals surface area contributed by atoms with E-state index in [0.717, 1.165) is 61.3 Å². The van der Waals surface area contributed by atoms with Crippen LogP contribution in [0.15, 0.2) is 182 Å². The summed E-state index contributed by atoms with van der Waals surface area (Å²) in [6, 6.07) is 53.5. The van der Waals surface area contributed by atoms with Crippen LogP contribution in [0.3, 0.4) is 0 Å². The lowest BCUT2D eigenvalue weighted by Crippen LogP contribution is -2.12. The molecule has 0 radical (unpaired) electrons. The van der Waals surface area contributed by atoms with Crippen LogP contribution in [-0.2, 0) is 12.4 Å². The number of benzene rings is 8.